The normalized spacial score (nSPS) is 10.0. The summed E-state index contributed by atoms with van der Waals surface area (Å²) in [7, 11) is 0. The third-order valence-corrected chi connectivity index (χ3v) is 3.59. The fourth-order valence-electron chi connectivity index (χ4n) is 1.89. The van der Waals surface area contributed by atoms with E-state index < -0.39 is 0 Å². The first-order chi connectivity index (χ1) is 11.0. The summed E-state index contributed by atoms with van der Waals surface area (Å²) in [5, 5.41) is 5.96. The average molecular weight is 330 g/mol. The molecule has 6 heteroatoms. The number of halogens is 1. The van der Waals surface area contributed by atoms with Crippen molar-refractivity contribution >= 4 is 29.1 Å². The SMILES string of the molecule is C=CCNC(=O)c1cc(C(=O)Nc2cccc(Cl)c2C)ccn1. The molecule has 1 aromatic heterocycles. The predicted octanol–water partition coefficient (Wildman–Crippen LogP) is 3.21. The van der Waals surface area contributed by atoms with Gasteiger partial charge in [-0.3, -0.25) is 14.6 Å². The van der Waals surface area contributed by atoms with Gasteiger partial charge in [0.1, 0.15) is 5.69 Å². The minimum Gasteiger partial charge on any atom is -0.347 e. The number of aromatic nitrogens is 1. The second-order valence-corrected chi connectivity index (χ2v) is 5.20. The smallest absolute Gasteiger partial charge is 0.270 e. The van der Waals surface area contributed by atoms with Crippen LogP contribution in [0.2, 0.25) is 5.02 Å². The van der Waals surface area contributed by atoms with E-state index in [0.29, 0.717) is 22.8 Å². The molecule has 2 rings (SSSR count). The van der Waals surface area contributed by atoms with Gasteiger partial charge in [0, 0.05) is 29.0 Å². The van der Waals surface area contributed by atoms with E-state index in [1.54, 1.807) is 30.3 Å². The summed E-state index contributed by atoms with van der Waals surface area (Å²) >= 11 is 6.04. The number of carbonyl (C=O) groups is 2. The number of hydrogen-bond donors (Lipinski definition) is 2. The fourth-order valence-corrected chi connectivity index (χ4v) is 2.06. The largest absolute Gasteiger partial charge is 0.347 e. The van der Waals surface area contributed by atoms with Crippen molar-refractivity contribution in [2.75, 3.05) is 11.9 Å². The highest BCUT2D eigenvalue weighted by molar-refractivity contribution is 6.31. The van der Waals surface area contributed by atoms with Crippen LogP contribution in [0.5, 0.6) is 0 Å². The molecular formula is C17H16ClN3O2. The molecule has 0 saturated carbocycles. The van der Waals surface area contributed by atoms with Crippen molar-refractivity contribution in [2.24, 2.45) is 0 Å². The Labute approximate surface area is 139 Å². The standard InChI is InChI=1S/C17H16ClN3O2/c1-3-8-20-17(23)15-10-12(7-9-19-15)16(22)21-14-6-4-5-13(18)11(14)2/h3-7,9-10H,1,8H2,2H3,(H,20,23)(H,21,22). The zero-order valence-corrected chi connectivity index (χ0v) is 13.4. The van der Waals surface area contributed by atoms with Gasteiger partial charge in [0.05, 0.1) is 0 Å². The number of pyridine rings is 1. The van der Waals surface area contributed by atoms with E-state index in [0.717, 1.165) is 5.56 Å². The Kier molecular flexibility index (Phi) is 5.49. The van der Waals surface area contributed by atoms with E-state index in [1.807, 2.05) is 6.92 Å². The molecule has 2 amide bonds. The number of nitrogens with one attached hydrogen (secondary N) is 2. The molecule has 0 aliphatic carbocycles. The minimum absolute atomic E-state index is 0.169. The molecule has 0 spiro atoms. The van der Waals surface area contributed by atoms with Gasteiger partial charge in [0.2, 0.25) is 0 Å². The maximum atomic E-state index is 12.3. The fraction of sp³-hybridized carbons (Fsp3) is 0.118. The number of amides is 2. The molecule has 0 unspecified atom stereocenters. The Balaban J connectivity index is 2.18. The highest BCUT2D eigenvalue weighted by atomic mass is 35.5. The number of rotatable bonds is 5. The molecule has 0 saturated heterocycles. The third-order valence-electron chi connectivity index (χ3n) is 3.18. The van der Waals surface area contributed by atoms with Gasteiger partial charge in [-0.05, 0) is 36.8 Å². The summed E-state index contributed by atoms with van der Waals surface area (Å²) < 4.78 is 0. The van der Waals surface area contributed by atoms with Crippen LogP contribution in [0.4, 0.5) is 5.69 Å². The zero-order valence-electron chi connectivity index (χ0n) is 12.6. The summed E-state index contributed by atoms with van der Waals surface area (Å²) in [5.74, 6) is -0.700. The molecule has 0 fully saturated rings. The van der Waals surface area contributed by atoms with E-state index in [9.17, 15) is 9.59 Å². The van der Waals surface area contributed by atoms with Crippen LogP contribution in [0, 0.1) is 6.92 Å². The van der Waals surface area contributed by atoms with Gasteiger partial charge in [-0.15, -0.1) is 6.58 Å². The van der Waals surface area contributed by atoms with Crippen LogP contribution in [0.25, 0.3) is 0 Å². The third kappa shape index (κ3) is 4.17. The Morgan fingerprint density at radius 2 is 2.09 bits per heavy atom. The average Bonchev–Trinajstić information content (AvgIpc) is 2.57. The van der Waals surface area contributed by atoms with Crippen LogP contribution in [0.1, 0.15) is 26.4 Å². The summed E-state index contributed by atoms with van der Waals surface area (Å²) in [6, 6.07) is 8.25. The van der Waals surface area contributed by atoms with E-state index in [2.05, 4.69) is 22.2 Å². The molecule has 0 atom stereocenters. The van der Waals surface area contributed by atoms with E-state index in [-0.39, 0.29) is 17.5 Å². The van der Waals surface area contributed by atoms with Crippen LogP contribution in [0.15, 0.2) is 49.2 Å². The molecule has 1 aromatic carbocycles. The first-order valence-electron chi connectivity index (χ1n) is 6.94. The second-order valence-electron chi connectivity index (χ2n) is 4.79. The van der Waals surface area contributed by atoms with Crippen LogP contribution in [-0.4, -0.2) is 23.3 Å². The molecule has 23 heavy (non-hydrogen) atoms. The lowest BCUT2D eigenvalue weighted by molar-refractivity contribution is 0.0953. The van der Waals surface area contributed by atoms with Crippen molar-refractivity contribution in [3.63, 3.8) is 0 Å². The summed E-state index contributed by atoms with van der Waals surface area (Å²) in [6.07, 6.45) is 2.99. The maximum Gasteiger partial charge on any atom is 0.270 e. The Bertz CT molecular complexity index is 759. The van der Waals surface area contributed by atoms with Crippen LogP contribution in [-0.2, 0) is 0 Å². The van der Waals surface area contributed by atoms with Crippen molar-refractivity contribution in [3.05, 3.63) is 71.0 Å². The Hall–Kier alpha value is -2.66. The molecule has 2 aromatic rings. The van der Waals surface area contributed by atoms with Gasteiger partial charge in [-0.2, -0.15) is 0 Å². The molecule has 2 N–H and O–H groups in total. The lowest BCUT2D eigenvalue weighted by Crippen LogP contribution is -2.24. The van der Waals surface area contributed by atoms with E-state index in [4.69, 9.17) is 11.6 Å². The summed E-state index contributed by atoms with van der Waals surface area (Å²) in [4.78, 5) is 28.2. The number of hydrogen-bond acceptors (Lipinski definition) is 3. The Morgan fingerprint density at radius 3 is 2.83 bits per heavy atom. The Morgan fingerprint density at radius 1 is 1.30 bits per heavy atom. The molecule has 0 aliphatic rings. The highest BCUT2D eigenvalue weighted by Gasteiger charge is 2.12. The summed E-state index contributed by atoms with van der Waals surface area (Å²) in [6.45, 7) is 5.67. The second kappa shape index (κ2) is 7.56. The molecule has 0 radical (unpaired) electrons. The van der Waals surface area contributed by atoms with Crippen LogP contribution < -0.4 is 10.6 Å². The lowest BCUT2D eigenvalue weighted by atomic mass is 10.1. The van der Waals surface area contributed by atoms with Gasteiger partial charge in [-0.25, -0.2) is 0 Å². The molecule has 1 heterocycles. The monoisotopic (exact) mass is 329 g/mol. The van der Waals surface area contributed by atoms with E-state index >= 15 is 0 Å². The lowest BCUT2D eigenvalue weighted by Gasteiger charge is -2.10. The quantitative estimate of drug-likeness (QED) is 0.827. The van der Waals surface area contributed by atoms with Crippen LogP contribution >= 0.6 is 11.6 Å². The minimum atomic E-state index is -0.363. The molecule has 0 aliphatic heterocycles. The molecule has 5 nitrogen and oxygen atoms in total. The van der Waals surface area contributed by atoms with Crippen molar-refractivity contribution in [3.8, 4) is 0 Å². The van der Waals surface area contributed by atoms with E-state index in [1.165, 1.54) is 12.3 Å². The summed E-state index contributed by atoms with van der Waals surface area (Å²) in [5.41, 5.74) is 1.91. The van der Waals surface area contributed by atoms with Gasteiger partial charge < -0.3 is 10.6 Å². The number of carbonyl (C=O) groups excluding carboxylic acids is 2. The number of benzene rings is 1. The molecule has 118 valence electrons. The topological polar surface area (TPSA) is 71.1 Å². The van der Waals surface area contributed by atoms with Gasteiger partial charge in [0.25, 0.3) is 11.8 Å². The van der Waals surface area contributed by atoms with Crippen molar-refractivity contribution < 1.29 is 9.59 Å². The predicted molar refractivity (Wildman–Crippen MR) is 90.9 cm³/mol. The van der Waals surface area contributed by atoms with Crippen molar-refractivity contribution in [1.29, 1.82) is 0 Å². The number of anilines is 1. The van der Waals surface area contributed by atoms with Gasteiger partial charge >= 0.3 is 0 Å². The zero-order chi connectivity index (χ0) is 16.8. The molecule has 0 bridgehead atoms. The first kappa shape index (κ1) is 16.7. The maximum absolute atomic E-state index is 12.3. The van der Waals surface area contributed by atoms with Gasteiger partial charge in [-0.1, -0.05) is 23.7 Å². The van der Waals surface area contributed by atoms with Gasteiger partial charge in [0.15, 0.2) is 0 Å². The number of nitrogens with zero attached hydrogens (tertiary/aromatic N) is 1. The molecular weight excluding hydrogens is 314 g/mol. The highest BCUT2D eigenvalue weighted by Crippen LogP contribution is 2.23. The first-order valence-corrected chi connectivity index (χ1v) is 7.32. The van der Waals surface area contributed by atoms with Crippen molar-refractivity contribution in [1.82, 2.24) is 10.3 Å². The van der Waals surface area contributed by atoms with Crippen LogP contribution in [0.3, 0.4) is 0 Å². The van der Waals surface area contributed by atoms with Crippen molar-refractivity contribution in [2.45, 2.75) is 6.92 Å².